The Morgan fingerprint density at radius 2 is 1.84 bits per heavy atom. The van der Waals surface area contributed by atoms with Crippen molar-refractivity contribution < 1.29 is 9.90 Å². The van der Waals surface area contributed by atoms with Crippen LogP contribution in [0.25, 0.3) is 0 Å². The molecule has 19 heavy (non-hydrogen) atoms. The molecule has 0 bridgehead atoms. The summed E-state index contributed by atoms with van der Waals surface area (Å²) in [7, 11) is 0. The van der Waals surface area contributed by atoms with Crippen LogP contribution in [0.1, 0.15) is 34.5 Å². The van der Waals surface area contributed by atoms with Crippen LogP contribution < -0.4 is 5.32 Å². The second-order valence-corrected chi connectivity index (χ2v) is 4.63. The van der Waals surface area contributed by atoms with E-state index >= 15 is 0 Å². The van der Waals surface area contributed by atoms with Crippen LogP contribution in [-0.2, 0) is 0 Å². The van der Waals surface area contributed by atoms with Gasteiger partial charge in [0.25, 0.3) is 5.91 Å². The van der Waals surface area contributed by atoms with Gasteiger partial charge in [0.1, 0.15) is 5.75 Å². The number of benzene rings is 2. The quantitative estimate of drug-likeness (QED) is 0.885. The van der Waals surface area contributed by atoms with Gasteiger partial charge in [-0.2, -0.15) is 0 Å². The number of phenols is 1. The minimum absolute atomic E-state index is 0.00311. The van der Waals surface area contributed by atoms with E-state index < -0.39 is 0 Å². The van der Waals surface area contributed by atoms with Crippen LogP contribution in [0.4, 0.5) is 0 Å². The Morgan fingerprint density at radius 1 is 1.16 bits per heavy atom. The highest BCUT2D eigenvalue weighted by Crippen LogP contribution is 2.19. The highest BCUT2D eigenvalue weighted by molar-refractivity contribution is 5.97. The minimum atomic E-state index is -0.266. The van der Waals surface area contributed by atoms with Gasteiger partial charge >= 0.3 is 0 Å². The summed E-state index contributed by atoms with van der Waals surface area (Å²) in [6.45, 7) is 3.80. The highest BCUT2D eigenvalue weighted by Gasteiger charge is 2.14. The molecule has 1 atom stereocenters. The van der Waals surface area contributed by atoms with Crippen LogP contribution in [0.5, 0.6) is 5.75 Å². The lowest BCUT2D eigenvalue weighted by atomic mass is 10.1. The Hall–Kier alpha value is -2.29. The van der Waals surface area contributed by atoms with Crippen LogP contribution in [0.3, 0.4) is 0 Å². The Morgan fingerprint density at radius 3 is 2.53 bits per heavy atom. The molecule has 0 radical (unpaired) electrons. The molecule has 2 N–H and O–H groups in total. The predicted molar refractivity (Wildman–Crippen MR) is 75.2 cm³/mol. The molecule has 1 amide bonds. The summed E-state index contributed by atoms with van der Waals surface area (Å²) < 4.78 is 0. The lowest BCUT2D eigenvalue weighted by Crippen LogP contribution is -2.26. The Kier molecular flexibility index (Phi) is 3.85. The van der Waals surface area contributed by atoms with Crippen molar-refractivity contribution in [3.8, 4) is 5.75 Å². The largest absolute Gasteiger partial charge is 0.507 e. The average molecular weight is 255 g/mol. The van der Waals surface area contributed by atoms with Crippen LogP contribution >= 0.6 is 0 Å². The van der Waals surface area contributed by atoms with Gasteiger partial charge in [0, 0.05) is 0 Å². The van der Waals surface area contributed by atoms with E-state index in [4.69, 9.17) is 0 Å². The zero-order valence-corrected chi connectivity index (χ0v) is 11.1. The predicted octanol–water partition coefficient (Wildman–Crippen LogP) is 3.19. The molecule has 98 valence electrons. The summed E-state index contributed by atoms with van der Waals surface area (Å²) in [5.41, 5.74) is 2.28. The van der Waals surface area contributed by atoms with Gasteiger partial charge < -0.3 is 10.4 Å². The van der Waals surface area contributed by atoms with Crippen molar-refractivity contribution in [2.75, 3.05) is 0 Å². The van der Waals surface area contributed by atoms with E-state index in [1.165, 1.54) is 6.07 Å². The van der Waals surface area contributed by atoms with Gasteiger partial charge in [-0.1, -0.05) is 42.0 Å². The average Bonchev–Trinajstić information content (AvgIpc) is 2.42. The molecule has 0 heterocycles. The first-order valence-corrected chi connectivity index (χ1v) is 6.23. The molecule has 0 saturated heterocycles. The van der Waals surface area contributed by atoms with Crippen LogP contribution in [-0.4, -0.2) is 11.0 Å². The first-order valence-electron chi connectivity index (χ1n) is 6.23. The van der Waals surface area contributed by atoms with Crippen molar-refractivity contribution in [1.82, 2.24) is 5.32 Å². The summed E-state index contributed by atoms with van der Waals surface area (Å²) in [5.74, 6) is -0.263. The lowest BCUT2D eigenvalue weighted by molar-refractivity contribution is 0.0937. The number of hydrogen-bond acceptors (Lipinski definition) is 2. The first kappa shape index (κ1) is 13.1. The third-order valence-corrected chi connectivity index (χ3v) is 3.04. The monoisotopic (exact) mass is 255 g/mol. The van der Waals surface area contributed by atoms with Crippen molar-refractivity contribution >= 4 is 5.91 Å². The Balaban J connectivity index is 2.15. The topological polar surface area (TPSA) is 49.3 Å². The molecule has 2 aromatic carbocycles. The van der Waals surface area contributed by atoms with E-state index in [1.54, 1.807) is 12.1 Å². The lowest BCUT2D eigenvalue weighted by Gasteiger charge is -2.15. The number of carbonyl (C=O) groups excluding carboxylic acids is 1. The molecule has 0 saturated carbocycles. The van der Waals surface area contributed by atoms with Gasteiger partial charge in [0.05, 0.1) is 11.6 Å². The second-order valence-electron chi connectivity index (χ2n) is 4.63. The zero-order valence-electron chi connectivity index (χ0n) is 11.1. The van der Waals surface area contributed by atoms with E-state index in [9.17, 15) is 9.90 Å². The number of aryl methyl sites for hydroxylation is 1. The normalized spacial score (nSPS) is 11.9. The van der Waals surface area contributed by atoms with Gasteiger partial charge in [0.2, 0.25) is 0 Å². The molecule has 0 fully saturated rings. The number of carbonyl (C=O) groups is 1. The highest BCUT2D eigenvalue weighted by atomic mass is 16.3. The number of amides is 1. The maximum absolute atomic E-state index is 12.1. The fourth-order valence-electron chi connectivity index (χ4n) is 1.93. The van der Waals surface area contributed by atoms with E-state index in [2.05, 4.69) is 5.32 Å². The molecular weight excluding hydrogens is 238 g/mol. The van der Waals surface area contributed by atoms with Crippen LogP contribution in [0, 0.1) is 6.92 Å². The van der Waals surface area contributed by atoms with Crippen molar-refractivity contribution in [2.24, 2.45) is 0 Å². The van der Waals surface area contributed by atoms with Gasteiger partial charge in [-0.05, 0) is 31.5 Å². The number of phenolic OH excluding ortho intramolecular Hbond substituents is 1. The van der Waals surface area contributed by atoms with Gasteiger partial charge in [-0.25, -0.2) is 0 Å². The second kappa shape index (κ2) is 5.57. The van der Waals surface area contributed by atoms with Crippen LogP contribution in [0.2, 0.25) is 0 Å². The molecule has 2 aromatic rings. The molecule has 3 nitrogen and oxygen atoms in total. The van der Waals surface area contributed by atoms with E-state index in [0.717, 1.165) is 11.1 Å². The van der Waals surface area contributed by atoms with Gasteiger partial charge in [-0.3, -0.25) is 4.79 Å². The SMILES string of the molecule is Cc1ccc(O)c(C(=O)N[C@@H](C)c2ccccc2)c1. The molecule has 2 rings (SSSR count). The van der Waals surface area contributed by atoms with Gasteiger partial charge in [-0.15, -0.1) is 0 Å². The summed E-state index contributed by atoms with van der Waals surface area (Å²) in [5, 5.41) is 12.6. The van der Waals surface area contributed by atoms with Crippen LogP contribution in [0.15, 0.2) is 48.5 Å². The standard InChI is InChI=1S/C16H17NO2/c1-11-8-9-15(18)14(10-11)16(19)17-12(2)13-6-4-3-5-7-13/h3-10,12,18H,1-2H3,(H,17,19)/t12-/m0/s1. The molecule has 0 aliphatic carbocycles. The van der Waals surface area contributed by atoms with E-state index in [1.807, 2.05) is 44.2 Å². The smallest absolute Gasteiger partial charge is 0.255 e. The Labute approximate surface area is 112 Å². The number of nitrogens with one attached hydrogen (secondary N) is 1. The number of aromatic hydroxyl groups is 1. The van der Waals surface area contributed by atoms with Crippen molar-refractivity contribution in [2.45, 2.75) is 19.9 Å². The summed E-state index contributed by atoms with van der Waals surface area (Å²) in [6.07, 6.45) is 0. The van der Waals surface area contributed by atoms with Crippen molar-refractivity contribution in [3.63, 3.8) is 0 Å². The first-order chi connectivity index (χ1) is 9.08. The van der Waals surface area contributed by atoms with E-state index in [0.29, 0.717) is 5.56 Å². The zero-order chi connectivity index (χ0) is 13.8. The molecule has 0 aliphatic heterocycles. The van der Waals surface area contributed by atoms with Crippen molar-refractivity contribution in [1.29, 1.82) is 0 Å². The number of rotatable bonds is 3. The van der Waals surface area contributed by atoms with Crippen molar-refractivity contribution in [3.05, 3.63) is 65.2 Å². The molecule has 0 unspecified atom stereocenters. The summed E-state index contributed by atoms with van der Waals surface area (Å²) in [6, 6.07) is 14.6. The third-order valence-electron chi connectivity index (χ3n) is 3.04. The van der Waals surface area contributed by atoms with Gasteiger partial charge in [0.15, 0.2) is 0 Å². The fourth-order valence-corrected chi connectivity index (χ4v) is 1.93. The van der Waals surface area contributed by atoms with E-state index in [-0.39, 0.29) is 17.7 Å². The summed E-state index contributed by atoms with van der Waals surface area (Å²) >= 11 is 0. The maximum Gasteiger partial charge on any atom is 0.255 e. The Bertz CT molecular complexity index is 579. The third kappa shape index (κ3) is 3.13. The fraction of sp³-hybridized carbons (Fsp3) is 0.188. The molecule has 0 spiro atoms. The summed E-state index contributed by atoms with van der Waals surface area (Å²) in [4.78, 5) is 12.1. The molecule has 0 aliphatic rings. The minimum Gasteiger partial charge on any atom is -0.507 e. The molecule has 0 aromatic heterocycles. The molecular formula is C16H17NO2. The molecule has 3 heteroatoms. The maximum atomic E-state index is 12.1. The number of hydrogen-bond donors (Lipinski definition) is 2.